The first-order valence-electron chi connectivity index (χ1n) is 10.3. The molecule has 0 unspecified atom stereocenters. The molecule has 0 radical (unpaired) electrons. The molecular formula is C21H24O4. The van der Waals surface area contributed by atoms with Gasteiger partial charge in [-0.3, -0.25) is 4.79 Å². The van der Waals surface area contributed by atoms with Crippen LogP contribution in [0.1, 0.15) is 19.3 Å². The Hall–Kier alpha value is -0.870. The van der Waals surface area contributed by atoms with Crippen LogP contribution in [0.4, 0.5) is 0 Å². The van der Waals surface area contributed by atoms with E-state index < -0.39 is 11.7 Å². The molecule has 8 fully saturated rings. The van der Waals surface area contributed by atoms with Crippen molar-refractivity contribution in [1.29, 1.82) is 0 Å². The van der Waals surface area contributed by atoms with Gasteiger partial charge in [0.1, 0.15) is 0 Å². The second kappa shape index (κ2) is 3.47. The second-order valence-corrected chi connectivity index (χ2v) is 10.3. The van der Waals surface area contributed by atoms with Crippen LogP contribution >= 0.6 is 0 Å². The standard InChI is InChI=1S/C21H24O4/c1-24-18(22)20-14-7-3-2-4-8(7)15-12(14)13-16(20)9-5-6-10-11(9)17(13)21(15,20)19(23)25-10/h2-3,7-17,19,23H,4-6H2,1H3/t7-,8+,9-,10-,11-,12-,13-,14+,15+,16+,17-,19-,20-,21-/m1/s1. The maximum absolute atomic E-state index is 13.5. The predicted molar refractivity (Wildman–Crippen MR) is 85.7 cm³/mol. The molecule has 8 aliphatic carbocycles. The number of esters is 1. The topological polar surface area (TPSA) is 55.8 Å². The van der Waals surface area contributed by atoms with Crippen molar-refractivity contribution in [3.63, 3.8) is 0 Å². The maximum atomic E-state index is 13.5. The lowest BCUT2D eigenvalue weighted by Gasteiger charge is -2.63. The number of aliphatic hydroxyl groups excluding tert-OH is 1. The number of aliphatic hydroxyl groups is 1. The van der Waals surface area contributed by atoms with Gasteiger partial charge in [0.25, 0.3) is 0 Å². The average Bonchev–Trinajstić information content (AvgIpc) is 3.36. The molecular weight excluding hydrogens is 316 g/mol. The van der Waals surface area contributed by atoms with Gasteiger partial charge in [-0.2, -0.15) is 0 Å². The normalized spacial score (nSPS) is 73.7. The first-order valence-corrected chi connectivity index (χ1v) is 10.3. The van der Waals surface area contributed by atoms with Gasteiger partial charge in [-0.15, -0.1) is 0 Å². The summed E-state index contributed by atoms with van der Waals surface area (Å²) in [4.78, 5) is 13.5. The molecule has 0 amide bonds. The van der Waals surface area contributed by atoms with Crippen LogP contribution in [0.3, 0.4) is 0 Å². The number of fused-ring (bicyclic) bond motifs is 1. The molecule has 1 aliphatic heterocycles. The van der Waals surface area contributed by atoms with Crippen molar-refractivity contribution < 1.29 is 19.4 Å². The Kier molecular flexibility index (Phi) is 1.85. The van der Waals surface area contributed by atoms with Crippen molar-refractivity contribution >= 4 is 5.97 Å². The van der Waals surface area contributed by atoms with Gasteiger partial charge in [-0.05, 0) is 78.4 Å². The first-order chi connectivity index (χ1) is 12.2. The molecule has 1 saturated heterocycles. The monoisotopic (exact) mass is 340 g/mol. The molecule has 0 aromatic carbocycles. The van der Waals surface area contributed by atoms with Crippen molar-refractivity contribution in [3.05, 3.63) is 12.2 Å². The van der Waals surface area contributed by atoms with E-state index in [1.807, 2.05) is 0 Å². The van der Waals surface area contributed by atoms with E-state index in [-0.39, 0.29) is 17.5 Å². The molecule has 8 bridgehead atoms. The Morgan fingerprint density at radius 3 is 2.80 bits per heavy atom. The molecule has 1 heterocycles. The summed E-state index contributed by atoms with van der Waals surface area (Å²) >= 11 is 0. The molecule has 7 saturated carbocycles. The third-order valence-corrected chi connectivity index (χ3v) is 10.9. The SMILES string of the molecule is COC(=O)[C@@]12[C@H]3[C@@H]4C=CC[C@@H]4[C@H]4[C@@H]3[C@@H]3[C@@H]1[C@@H]1CC[C@H]5O[C@@H](O)[C@]42[C@@H]3[C@H]15. The van der Waals surface area contributed by atoms with E-state index in [9.17, 15) is 9.90 Å². The zero-order valence-electron chi connectivity index (χ0n) is 14.4. The summed E-state index contributed by atoms with van der Waals surface area (Å²) in [5.74, 6) is 5.55. The van der Waals surface area contributed by atoms with Gasteiger partial charge < -0.3 is 14.6 Å². The number of carbonyl (C=O) groups is 1. The third-order valence-electron chi connectivity index (χ3n) is 10.9. The highest BCUT2D eigenvalue weighted by Gasteiger charge is 3.01. The summed E-state index contributed by atoms with van der Waals surface area (Å²) in [6.07, 6.45) is 7.61. The Morgan fingerprint density at radius 1 is 1.12 bits per heavy atom. The van der Waals surface area contributed by atoms with Gasteiger partial charge in [0.2, 0.25) is 0 Å². The van der Waals surface area contributed by atoms with Crippen molar-refractivity contribution in [2.24, 2.45) is 70.0 Å². The number of ether oxygens (including phenoxy) is 2. The summed E-state index contributed by atoms with van der Waals surface area (Å²) < 4.78 is 11.8. The molecule has 1 spiro atoms. The molecule has 0 aromatic heterocycles. The minimum atomic E-state index is -0.758. The van der Waals surface area contributed by atoms with E-state index in [0.29, 0.717) is 59.2 Å². The van der Waals surface area contributed by atoms with Crippen LogP contribution in [0.5, 0.6) is 0 Å². The predicted octanol–water partition coefficient (Wildman–Crippen LogP) is 1.83. The fourth-order valence-electron chi connectivity index (χ4n) is 11.6. The van der Waals surface area contributed by atoms with Crippen LogP contribution in [0.2, 0.25) is 0 Å². The summed E-state index contributed by atoms with van der Waals surface area (Å²) in [7, 11) is 1.56. The summed E-state index contributed by atoms with van der Waals surface area (Å²) in [6, 6.07) is 0. The zero-order chi connectivity index (χ0) is 16.5. The van der Waals surface area contributed by atoms with Gasteiger partial charge in [0, 0.05) is 5.41 Å². The van der Waals surface area contributed by atoms with Gasteiger partial charge in [-0.1, -0.05) is 12.2 Å². The highest BCUT2D eigenvalue weighted by Crippen LogP contribution is 2.98. The van der Waals surface area contributed by atoms with E-state index in [1.54, 1.807) is 7.11 Å². The highest BCUT2D eigenvalue weighted by molar-refractivity contribution is 5.84. The molecule has 0 aromatic rings. The van der Waals surface area contributed by atoms with Crippen molar-refractivity contribution in [1.82, 2.24) is 0 Å². The van der Waals surface area contributed by atoms with Gasteiger partial charge in [0.05, 0.1) is 18.6 Å². The fraction of sp³-hybridized carbons (Fsp3) is 0.857. The van der Waals surface area contributed by atoms with Crippen LogP contribution in [0, 0.1) is 70.0 Å². The largest absolute Gasteiger partial charge is 0.469 e. The molecule has 132 valence electrons. The van der Waals surface area contributed by atoms with Crippen LogP contribution in [-0.2, 0) is 14.3 Å². The number of carbonyl (C=O) groups excluding carboxylic acids is 1. The molecule has 1 N–H and O–H groups in total. The van der Waals surface area contributed by atoms with Crippen LogP contribution in [0.25, 0.3) is 0 Å². The quantitative estimate of drug-likeness (QED) is 0.584. The second-order valence-electron chi connectivity index (χ2n) is 10.3. The number of rotatable bonds is 1. The summed E-state index contributed by atoms with van der Waals surface area (Å²) in [6.45, 7) is 0. The Labute approximate surface area is 146 Å². The lowest BCUT2D eigenvalue weighted by molar-refractivity contribution is -0.325. The molecule has 9 rings (SSSR count). The molecule has 9 aliphatic rings. The van der Waals surface area contributed by atoms with Crippen LogP contribution in [0.15, 0.2) is 12.2 Å². The van der Waals surface area contributed by atoms with Gasteiger partial charge >= 0.3 is 5.97 Å². The van der Waals surface area contributed by atoms with E-state index in [1.165, 1.54) is 6.42 Å². The van der Waals surface area contributed by atoms with Crippen molar-refractivity contribution in [3.8, 4) is 0 Å². The molecule has 4 nitrogen and oxygen atoms in total. The van der Waals surface area contributed by atoms with E-state index in [0.717, 1.165) is 12.8 Å². The summed E-state index contributed by atoms with van der Waals surface area (Å²) in [5.41, 5.74) is -0.794. The van der Waals surface area contributed by atoms with E-state index in [2.05, 4.69) is 12.2 Å². The number of allylic oxidation sites excluding steroid dienone is 2. The Morgan fingerprint density at radius 2 is 1.96 bits per heavy atom. The zero-order valence-corrected chi connectivity index (χ0v) is 14.4. The third kappa shape index (κ3) is 0.867. The minimum absolute atomic E-state index is 0.00907. The maximum Gasteiger partial charge on any atom is 0.313 e. The molecule has 25 heavy (non-hydrogen) atoms. The highest BCUT2D eigenvalue weighted by atomic mass is 16.6. The fourth-order valence-corrected chi connectivity index (χ4v) is 11.6. The van der Waals surface area contributed by atoms with Crippen molar-refractivity contribution in [2.75, 3.05) is 7.11 Å². The number of hydrogen-bond donors (Lipinski definition) is 1. The molecule has 4 heteroatoms. The minimum Gasteiger partial charge on any atom is -0.469 e. The van der Waals surface area contributed by atoms with E-state index >= 15 is 0 Å². The first kappa shape index (κ1) is 13.3. The van der Waals surface area contributed by atoms with Crippen molar-refractivity contribution in [2.45, 2.75) is 31.7 Å². The van der Waals surface area contributed by atoms with E-state index in [4.69, 9.17) is 9.47 Å². The summed E-state index contributed by atoms with van der Waals surface area (Å²) in [5, 5.41) is 11.4. The number of hydrogen-bond acceptors (Lipinski definition) is 4. The van der Waals surface area contributed by atoms with Crippen LogP contribution < -0.4 is 0 Å². The smallest absolute Gasteiger partial charge is 0.313 e. The Bertz CT molecular complexity index is 772. The lowest BCUT2D eigenvalue weighted by Crippen LogP contribution is -2.69. The average molecular weight is 340 g/mol. The van der Waals surface area contributed by atoms with Crippen LogP contribution in [-0.4, -0.2) is 30.6 Å². The van der Waals surface area contributed by atoms with Gasteiger partial charge in [0.15, 0.2) is 6.29 Å². The van der Waals surface area contributed by atoms with Gasteiger partial charge in [-0.25, -0.2) is 0 Å². The lowest BCUT2D eigenvalue weighted by atomic mass is 9.42. The molecule has 14 atom stereocenters. The number of methoxy groups -OCH3 is 1. The Balaban J connectivity index is 1.48.